The zero-order valence-electron chi connectivity index (χ0n) is 12.0. The zero-order chi connectivity index (χ0) is 13.8. The first-order valence-electron chi connectivity index (χ1n) is 7.33. The molecule has 1 aliphatic heterocycles. The Bertz CT molecular complexity index is 580. The second-order valence-corrected chi connectivity index (χ2v) is 5.27. The van der Waals surface area contributed by atoms with Crippen LogP contribution < -0.4 is 5.32 Å². The van der Waals surface area contributed by atoms with E-state index in [-0.39, 0.29) is 0 Å². The summed E-state index contributed by atoms with van der Waals surface area (Å²) in [6.07, 6.45) is 3.00. The van der Waals surface area contributed by atoms with Gasteiger partial charge in [-0.15, -0.1) is 0 Å². The number of anilines is 1. The van der Waals surface area contributed by atoms with E-state index in [2.05, 4.69) is 52.5 Å². The van der Waals surface area contributed by atoms with Gasteiger partial charge in [-0.1, -0.05) is 30.3 Å². The Morgan fingerprint density at radius 3 is 2.85 bits per heavy atom. The quantitative estimate of drug-likeness (QED) is 0.922. The maximum absolute atomic E-state index is 4.44. The van der Waals surface area contributed by atoms with Crippen molar-refractivity contribution in [1.29, 1.82) is 0 Å². The third kappa shape index (κ3) is 2.83. The van der Waals surface area contributed by atoms with Crippen LogP contribution in [-0.2, 0) is 19.5 Å². The number of aromatic nitrogens is 1. The van der Waals surface area contributed by atoms with Crippen LogP contribution in [0.15, 0.2) is 42.6 Å². The van der Waals surface area contributed by atoms with Crippen LogP contribution in [0.4, 0.5) is 5.82 Å². The minimum atomic E-state index is 0.910. The Kier molecular flexibility index (Phi) is 3.97. The summed E-state index contributed by atoms with van der Waals surface area (Å²) in [6.45, 7) is 6.14. The molecule has 0 unspecified atom stereocenters. The number of nitrogens with zero attached hydrogens (tertiary/aromatic N) is 2. The van der Waals surface area contributed by atoms with Gasteiger partial charge in [0, 0.05) is 37.9 Å². The fraction of sp³-hybridized carbons (Fsp3) is 0.353. The predicted octanol–water partition coefficient (Wildman–Crippen LogP) is 3.07. The smallest absolute Gasteiger partial charge is 0.130 e. The predicted molar refractivity (Wildman–Crippen MR) is 82.7 cm³/mol. The Morgan fingerprint density at radius 1 is 1.15 bits per heavy atom. The topological polar surface area (TPSA) is 28.2 Å². The minimum absolute atomic E-state index is 0.910. The highest BCUT2D eigenvalue weighted by atomic mass is 15.1. The number of nitrogens with one attached hydrogen (secondary N) is 1. The molecule has 0 radical (unpaired) electrons. The molecule has 0 saturated carbocycles. The summed E-state index contributed by atoms with van der Waals surface area (Å²) in [5.74, 6) is 1.02. The standard InChI is InChI=1S/C17H21N3/c1-2-18-17-16(8-5-10-19-17)13-20-11-9-14-6-3-4-7-15(14)12-20/h3-8,10H,2,9,11-13H2,1H3,(H,18,19). The van der Waals surface area contributed by atoms with E-state index in [0.717, 1.165) is 38.4 Å². The third-order valence-electron chi connectivity index (χ3n) is 3.84. The van der Waals surface area contributed by atoms with Crippen molar-refractivity contribution < 1.29 is 0 Å². The molecule has 1 N–H and O–H groups in total. The molecular formula is C17H21N3. The van der Waals surface area contributed by atoms with Crippen LogP contribution in [-0.4, -0.2) is 23.0 Å². The van der Waals surface area contributed by atoms with E-state index >= 15 is 0 Å². The van der Waals surface area contributed by atoms with Crippen molar-refractivity contribution in [3.05, 3.63) is 59.3 Å². The fourth-order valence-electron chi connectivity index (χ4n) is 2.82. The molecule has 2 aromatic rings. The first-order valence-corrected chi connectivity index (χ1v) is 7.33. The van der Waals surface area contributed by atoms with Gasteiger partial charge < -0.3 is 5.32 Å². The summed E-state index contributed by atoms with van der Waals surface area (Å²) in [5, 5.41) is 3.35. The van der Waals surface area contributed by atoms with Crippen molar-refractivity contribution in [3.8, 4) is 0 Å². The van der Waals surface area contributed by atoms with Gasteiger partial charge in [0.25, 0.3) is 0 Å². The number of benzene rings is 1. The summed E-state index contributed by atoms with van der Waals surface area (Å²) in [7, 11) is 0. The molecule has 0 fully saturated rings. The Balaban J connectivity index is 1.74. The van der Waals surface area contributed by atoms with E-state index in [1.807, 2.05) is 12.3 Å². The van der Waals surface area contributed by atoms with E-state index in [4.69, 9.17) is 0 Å². The molecule has 2 heterocycles. The van der Waals surface area contributed by atoms with Gasteiger partial charge in [0.05, 0.1) is 0 Å². The second-order valence-electron chi connectivity index (χ2n) is 5.27. The maximum atomic E-state index is 4.44. The lowest BCUT2D eigenvalue weighted by atomic mass is 9.99. The molecule has 104 valence electrons. The summed E-state index contributed by atoms with van der Waals surface area (Å²) < 4.78 is 0. The molecule has 0 atom stereocenters. The largest absolute Gasteiger partial charge is 0.370 e. The van der Waals surface area contributed by atoms with Crippen molar-refractivity contribution in [2.24, 2.45) is 0 Å². The highest BCUT2D eigenvalue weighted by Gasteiger charge is 2.16. The van der Waals surface area contributed by atoms with Gasteiger partial charge in [-0.2, -0.15) is 0 Å². The molecule has 0 bridgehead atoms. The molecule has 3 heteroatoms. The summed E-state index contributed by atoms with van der Waals surface area (Å²) in [5.41, 5.74) is 4.25. The minimum Gasteiger partial charge on any atom is -0.370 e. The van der Waals surface area contributed by atoms with Crippen LogP contribution in [0.1, 0.15) is 23.6 Å². The normalized spacial score (nSPS) is 14.8. The second kappa shape index (κ2) is 6.06. The van der Waals surface area contributed by atoms with Gasteiger partial charge in [-0.05, 0) is 30.5 Å². The SMILES string of the molecule is CCNc1ncccc1CN1CCc2ccccc2C1. The monoisotopic (exact) mass is 267 g/mol. The molecule has 0 saturated heterocycles. The van der Waals surface area contributed by atoms with Crippen LogP contribution in [0.2, 0.25) is 0 Å². The molecule has 0 spiro atoms. The first-order chi connectivity index (χ1) is 9.86. The molecule has 0 amide bonds. The van der Waals surface area contributed by atoms with E-state index in [1.54, 1.807) is 0 Å². The number of fused-ring (bicyclic) bond motifs is 1. The van der Waals surface area contributed by atoms with Crippen molar-refractivity contribution in [2.45, 2.75) is 26.4 Å². The number of rotatable bonds is 4. The van der Waals surface area contributed by atoms with E-state index in [9.17, 15) is 0 Å². The van der Waals surface area contributed by atoms with E-state index in [0.29, 0.717) is 0 Å². The van der Waals surface area contributed by atoms with Gasteiger partial charge in [0.15, 0.2) is 0 Å². The van der Waals surface area contributed by atoms with Gasteiger partial charge in [-0.3, -0.25) is 4.90 Å². The number of pyridine rings is 1. The fourth-order valence-corrected chi connectivity index (χ4v) is 2.82. The summed E-state index contributed by atoms with van der Waals surface area (Å²) in [4.78, 5) is 6.94. The average Bonchev–Trinajstić information content (AvgIpc) is 2.49. The zero-order valence-corrected chi connectivity index (χ0v) is 12.0. The molecule has 20 heavy (non-hydrogen) atoms. The summed E-state index contributed by atoms with van der Waals surface area (Å²) >= 11 is 0. The van der Waals surface area contributed by atoms with E-state index in [1.165, 1.54) is 16.7 Å². The lowest BCUT2D eigenvalue weighted by Crippen LogP contribution is -2.30. The molecule has 3 nitrogen and oxygen atoms in total. The van der Waals surface area contributed by atoms with Crippen LogP contribution >= 0.6 is 0 Å². The number of hydrogen-bond donors (Lipinski definition) is 1. The molecular weight excluding hydrogens is 246 g/mol. The van der Waals surface area contributed by atoms with Gasteiger partial charge in [0.2, 0.25) is 0 Å². The van der Waals surface area contributed by atoms with Crippen molar-refractivity contribution in [3.63, 3.8) is 0 Å². The lowest BCUT2D eigenvalue weighted by Gasteiger charge is -2.29. The Labute approximate surface area is 120 Å². The van der Waals surface area contributed by atoms with Gasteiger partial charge >= 0.3 is 0 Å². The number of hydrogen-bond acceptors (Lipinski definition) is 3. The van der Waals surface area contributed by atoms with Crippen molar-refractivity contribution in [2.75, 3.05) is 18.4 Å². The van der Waals surface area contributed by atoms with Crippen molar-refractivity contribution in [1.82, 2.24) is 9.88 Å². The summed E-state index contributed by atoms with van der Waals surface area (Å²) in [6, 6.07) is 13.0. The average molecular weight is 267 g/mol. The third-order valence-corrected chi connectivity index (χ3v) is 3.84. The van der Waals surface area contributed by atoms with Crippen LogP contribution in [0.3, 0.4) is 0 Å². The first kappa shape index (κ1) is 13.1. The molecule has 1 aromatic carbocycles. The van der Waals surface area contributed by atoms with Crippen molar-refractivity contribution >= 4 is 5.82 Å². The Morgan fingerprint density at radius 2 is 2.00 bits per heavy atom. The van der Waals surface area contributed by atoms with Gasteiger partial charge in [-0.25, -0.2) is 4.98 Å². The maximum Gasteiger partial charge on any atom is 0.130 e. The highest BCUT2D eigenvalue weighted by molar-refractivity contribution is 5.43. The molecule has 1 aliphatic rings. The highest BCUT2D eigenvalue weighted by Crippen LogP contribution is 2.22. The van der Waals surface area contributed by atoms with Crippen LogP contribution in [0, 0.1) is 0 Å². The van der Waals surface area contributed by atoms with E-state index < -0.39 is 0 Å². The Hall–Kier alpha value is -1.87. The molecule has 0 aliphatic carbocycles. The van der Waals surface area contributed by atoms with Crippen LogP contribution in [0.25, 0.3) is 0 Å². The van der Waals surface area contributed by atoms with Crippen LogP contribution in [0.5, 0.6) is 0 Å². The molecule has 1 aromatic heterocycles. The lowest BCUT2D eigenvalue weighted by molar-refractivity contribution is 0.245. The molecule has 3 rings (SSSR count). The van der Waals surface area contributed by atoms with Gasteiger partial charge in [0.1, 0.15) is 5.82 Å².